The van der Waals surface area contributed by atoms with Crippen molar-refractivity contribution in [1.82, 2.24) is 9.55 Å². The molecule has 0 radical (unpaired) electrons. The van der Waals surface area contributed by atoms with Crippen LogP contribution in [0.5, 0.6) is 0 Å². The highest BCUT2D eigenvalue weighted by Crippen LogP contribution is 2.39. The van der Waals surface area contributed by atoms with Gasteiger partial charge in [0, 0.05) is 34.4 Å². The molecule has 2 heterocycles. The van der Waals surface area contributed by atoms with Crippen LogP contribution in [0.3, 0.4) is 0 Å². The van der Waals surface area contributed by atoms with Crippen LogP contribution in [-0.2, 0) is 7.05 Å². The Bertz CT molecular complexity index is 1000. The molecule has 0 bridgehead atoms. The van der Waals surface area contributed by atoms with E-state index in [2.05, 4.69) is 22.7 Å². The van der Waals surface area contributed by atoms with Crippen molar-refractivity contribution in [3.05, 3.63) is 71.5 Å². The lowest BCUT2D eigenvalue weighted by atomic mass is 10.1. The fourth-order valence-electron chi connectivity index (χ4n) is 3.01. The summed E-state index contributed by atoms with van der Waals surface area (Å²) >= 11 is 7.71. The number of halogens is 1. The molecule has 1 atom stereocenters. The molecule has 1 unspecified atom stereocenters. The standard InChI is InChI=1S/C21H19ClN4S/c1-26-20(18-4-2-3-13-24-18)25-19(14-5-9-16(23)10-6-14)21(26)27-17-11-7-15(22)8-12-17/h2-3,5-13,18H,4,23H2,1H3. The van der Waals surface area contributed by atoms with Gasteiger partial charge in [0.1, 0.15) is 22.6 Å². The summed E-state index contributed by atoms with van der Waals surface area (Å²) in [5.74, 6) is 0.957. The zero-order valence-corrected chi connectivity index (χ0v) is 16.4. The number of nitrogens with two attached hydrogens (primary N) is 1. The third kappa shape index (κ3) is 3.80. The molecule has 0 fully saturated rings. The summed E-state index contributed by atoms with van der Waals surface area (Å²) in [6, 6.07) is 15.7. The molecule has 27 heavy (non-hydrogen) atoms. The lowest BCUT2D eigenvalue weighted by molar-refractivity contribution is 0.626. The van der Waals surface area contributed by atoms with E-state index in [0.717, 1.165) is 44.1 Å². The number of benzene rings is 2. The van der Waals surface area contributed by atoms with E-state index >= 15 is 0 Å². The van der Waals surface area contributed by atoms with Crippen molar-refractivity contribution in [2.24, 2.45) is 12.0 Å². The SMILES string of the molecule is Cn1c(C2CC=CC=N2)nc(-c2ccc(N)cc2)c1Sc1ccc(Cl)cc1. The highest BCUT2D eigenvalue weighted by molar-refractivity contribution is 7.99. The van der Waals surface area contributed by atoms with Gasteiger partial charge in [-0.15, -0.1) is 0 Å². The van der Waals surface area contributed by atoms with E-state index < -0.39 is 0 Å². The monoisotopic (exact) mass is 394 g/mol. The van der Waals surface area contributed by atoms with Gasteiger partial charge in [0.05, 0.1) is 0 Å². The first-order valence-electron chi connectivity index (χ1n) is 8.66. The molecule has 3 aromatic rings. The Kier molecular flexibility index (Phi) is 5.05. The van der Waals surface area contributed by atoms with Crippen LogP contribution in [-0.4, -0.2) is 15.8 Å². The topological polar surface area (TPSA) is 56.2 Å². The van der Waals surface area contributed by atoms with Crippen LogP contribution in [0.25, 0.3) is 11.3 Å². The number of allylic oxidation sites excluding steroid dienone is 1. The van der Waals surface area contributed by atoms with Gasteiger partial charge in [-0.2, -0.15) is 0 Å². The minimum Gasteiger partial charge on any atom is -0.399 e. The smallest absolute Gasteiger partial charge is 0.135 e. The van der Waals surface area contributed by atoms with Crippen LogP contribution in [0.15, 0.2) is 75.6 Å². The fourth-order valence-corrected chi connectivity index (χ4v) is 4.13. The number of aromatic nitrogens is 2. The molecule has 6 heteroatoms. The minimum atomic E-state index is 0.0344. The number of rotatable bonds is 4. The Morgan fingerprint density at radius 1 is 1.11 bits per heavy atom. The maximum atomic E-state index is 6.03. The van der Waals surface area contributed by atoms with Gasteiger partial charge in [-0.3, -0.25) is 4.99 Å². The summed E-state index contributed by atoms with van der Waals surface area (Å²) in [7, 11) is 2.05. The fraction of sp³-hybridized carbons (Fsp3) is 0.143. The molecule has 1 aliphatic heterocycles. The molecule has 2 N–H and O–H groups in total. The van der Waals surface area contributed by atoms with Crippen LogP contribution in [0.4, 0.5) is 5.69 Å². The summed E-state index contributed by atoms with van der Waals surface area (Å²) in [5.41, 5.74) is 8.58. The molecule has 0 aliphatic carbocycles. The van der Waals surface area contributed by atoms with E-state index in [0.29, 0.717) is 0 Å². The zero-order chi connectivity index (χ0) is 18.8. The molecule has 0 spiro atoms. The summed E-state index contributed by atoms with van der Waals surface area (Å²) in [6.07, 6.45) is 6.80. The summed E-state index contributed by atoms with van der Waals surface area (Å²) in [6.45, 7) is 0. The maximum absolute atomic E-state index is 6.03. The number of nitrogen functional groups attached to an aromatic ring is 1. The quantitative estimate of drug-likeness (QED) is 0.590. The van der Waals surface area contributed by atoms with E-state index in [1.54, 1.807) is 11.8 Å². The van der Waals surface area contributed by atoms with E-state index in [9.17, 15) is 0 Å². The summed E-state index contributed by atoms with van der Waals surface area (Å²) < 4.78 is 2.14. The first-order valence-corrected chi connectivity index (χ1v) is 9.85. The predicted octanol–water partition coefficient (Wildman–Crippen LogP) is 5.55. The van der Waals surface area contributed by atoms with Crippen molar-refractivity contribution < 1.29 is 0 Å². The number of dihydropyridines is 1. The van der Waals surface area contributed by atoms with E-state index in [1.165, 1.54) is 0 Å². The summed E-state index contributed by atoms with van der Waals surface area (Å²) in [4.78, 5) is 10.7. The van der Waals surface area contributed by atoms with Crippen LogP contribution >= 0.6 is 23.4 Å². The van der Waals surface area contributed by atoms with Gasteiger partial charge in [-0.1, -0.05) is 41.6 Å². The summed E-state index contributed by atoms with van der Waals surface area (Å²) in [5, 5.41) is 1.80. The molecule has 136 valence electrons. The Labute approximate surface area is 167 Å². The van der Waals surface area contributed by atoms with Crippen molar-refractivity contribution in [3.63, 3.8) is 0 Å². The molecule has 0 amide bonds. The Morgan fingerprint density at radius 2 is 1.85 bits per heavy atom. The normalized spacial score (nSPS) is 16.0. The molecule has 4 rings (SSSR count). The average Bonchev–Trinajstić information content (AvgIpc) is 3.01. The van der Waals surface area contributed by atoms with Gasteiger partial charge in [-0.05, 0) is 48.9 Å². The number of imidazole rings is 1. The highest BCUT2D eigenvalue weighted by atomic mass is 35.5. The lowest BCUT2D eigenvalue weighted by Crippen LogP contribution is -2.06. The minimum absolute atomic E-state index is 0.0344. The van der Waals surface area contributed by atoms with Crippen molar-refractivity contribution >= 4 is 35.3 Å². The van der Waals surface area contributed by atoms with Gasteiger partial charge in [-0.25, -0.2) is 4.98 Å². The molecule has 1 aromatic heterocycles. The van der Waals surface area contributed by atoms with Crippen LogP contribution in [0, 0.1) is 0 Å². The molecule has 4 nitrogen and oxygen atoms in total. The maximum Gasteiger partial charge on any atom is 0.135 e. The predicted molar refractivity (Wildman–Crippen MR) is 114 cm³/mol. The largest absolute Gasteiger partial charge is 0.399 e. The second kappa shape index (κ2) is 7.62. The second-order valence-electron chi connectivity index (χ2n) is 6.34. The second-order valence-corrected chi connectivity index (χ2v) is 7.84. The van der Waals surface area contributed by atoms with Gasteiger partial charge >= 0.3 is 0 Å². The van der Waals surface area contributed by atoms with Crippen molar-refractivity contribution in [3.8, 4) is 11.3 Å². The van der Waals surface area contributed by atoms with Crippen LogP contribution in [0.1, 0.15) is 18.3 Å². The Balaban J connectivity index is 1.79. The van der Waals surface area contributed by atoms with Crippen molar-refractivity contribution in [1.29, 1.82) is 0 Å². The molecule has 0 saturated heterocycles. The molecular formula is C21H19ClN4S. The van der Waals surface area contributed by atoms with E-state index in [1.807, 2.05) is 60.8 Å². The number of nitrogens with zero attached hydrogens (tertiary/aromatic N) is 3. The first-order chi connectivity index (χ1) is 13.1. The van der Waals surface area contributed by atoms with E-state index in [-0.39, 0.29) is 6.04 Å². The van der Waals surface area contributed by atoms with Crippen LogP contribution < -0.4 is 5.73 Å². The van der Waals surface area contributed by atoms with Gasteiger partial charge in [0.2, 0.25) is 0 Å². The number of anilines is 1. The van der Waals surface area contributed by atoms with Crippen molar-refractivity contribution in [2.45, 2.75) is 22.4 Å². The number of aliphatic imine (C=N–C) groups is 1. The third-order valence-electron chi connectivity index (χ3n) is 4.44. The van der Waals surface area contributed by atoms with E-state index in [4.69, 9.17) is 22.3 Å². The highest BCUT2D eigenvalue weighted by Gasteiger charge is 2.23. The zero-order valence-electron chi connectivity index (χ0n) is 14.8. The molecule has 1 aliphatic rings. The molecular weight excluding hydrogens is 376 g/mol. The Hall–Kier alpha value is -2.50. The molecule has 2 aromatic carbocycles. The van der Waals surface area contributed by atoms with Gasteiger partial charge < -0.3 is 10.3 Å². The lowest BCUT2D eigenvalue weighted by Gasteiger charge is -2.13. The third-order valence-corrected chi connectivity index (χ3v) is 5.86. The van der Waals surface area contributed by atoms with Crippen LogP contribution in [0.2, 0.25) is 5.02 Å². The number of hydrogen-bond acceptors (Lipinski definition) is 4. The first kappa shape index (κ1) is 17.9. The molecule has 0 saturated carbocycles. The Morgan fingerprint density at radius 3 is 2.52 bits per heavy atom. The van der Waals surface area contributed by atoms with Gasteiger partial charge in [0.15, 0.2) is 0 Å². The number of hydrogen-bond donors (Lipinski definition) is 1. The van der Waals surface area contributed by atoms with Crippen molar-refractivity contribution in [2.75, 3.05) is 5.73 Å². The average molecular weight is 395 g/mol. The van der Waals surface area contributed by atoms with Gasteiger partial charge in [0.25, 0.3) is 0 Å².